The van der Waals surface area contributed by atoms with Gasteiger partial charge in [0.2, 0.25) is 0 Å². The van der Waals surface area contributed by atoms with Crippen LogP contribution in [0.25, 0.3) is 0 Å². The Morgan fingerprint density at radius 2 is 0.615 bits per heavy atom. The van der Waals surface area contributed by atoms with Crippen molar-refractivity contribution in [2.24, 2.45) is 5.92 Å². The minimum Gasteiger partial charge on any atom is -0.328 e. The second kappa shape index (κ2) is 30.9. The lowest BCUT2D eigenvalue weighted by atomic mass is 10.00. The molecule has 0 rings (SSSR count). The normalized spacial score (nSPS) is 12.8. The van der Waals surface area contributed by atoms with Gasteiger partial charge in [-0.25, -0.2) is 0 Å². The molecule has 0 aromatic carbocycles. The first-order valence-corrected chi connectivity index (χ1v) is 18.8. The highest BCUT2D eigenvalue weighted by molar-refractivity contribution is 4.55. The summed E-state index contributed by atoms with van der Waals surface area (Å²) in [6, 6.07) is 0. The molecular formula is C38H80N+. The quantitative estimate of drug-likeness (QED) is 0.0563. The van der Waals surface area contributed by atoms with E-state index in [2.05, 4.69) is 34.9 Å². The molecule has 0 aliphatic heterocycles. The van der Waals surface area contributed by atoms with Gasteiger partial charge in [-0.05, 0) is 19.3 Å². The maximum atomic E-state index is 2.51. The zero-order chi connectivity index (χ0) is 28.7. The summed E-state index contributed by atoms with van der Waals surface area (Å²) in [5, 5.41) is 0. The van der Waals surface area contributed by atoms with Crippen molar-refractivity contribution in [1.29, 1.82) is 0 Å². The number of quaternary nitrogens is 1. The fraction of sp³-hybridized carbons (Fsp3) is 1.00. The Balaban J connectivity index is 3.38. The molecule has 0 fully saturated rings. The van der Waals surface area contributed by atoms with E-state index in [-0.39, 0.29) is 0 Å². The van der Waals surface area contributed by atoms with Crippen LogP contribution in [0.3, 0.4) is 0 Å². The van der Waals surface area contributed by atoms with Crippen LogP contribution < -0.4 is 0 Å². The lowest BCUT2D eigenvalue weighted by molar-refractivity contribution is -0.893. The molecule has 0 heterocycles. The molecule has 236 valence electrons. The number of hydrogen-bond donors (Lipinski definition) is 0. The van der Waals surface area contributed by atoms with Crippen LogP contribution in [-0.4, -0.2) is 31.7 Å². The minimum atomic E-state index is 0.883. The van der Waals surface area contributed by atoms with Crippen molar-refractivity contribution in [2.75, 3.05) is 27.2 Å². The maximum Gasteiger partial charge on any atom is 0.0808 e. The second-order valence-corrected chi connectivity index (χ2v) is 14.3. The molecule has 1 nitrogen and oxygen atoms in total. The zero-order valence-corrected chi connectivity index (χ0v) is 28.7. The van der Waals surface area contributed by atoms with E-state index in [1.54, 1.807) is 0 Å². The first kappa shape index (κ1) is 39.0. The van der Waals surface area contributed by atoms with Crippen LogP contribution >= 0.6 is 0 Å². The molecule has 0 amide bonds. The Morgan fingerprint density at radius 3 is 0.923 bits per heavy atom. The van der Waals surface area contributed by atoms with Gasteiger partial charge < -0.3 is 4.48 Å². The number of hydrogen-bond acceptors (Lipinski definition) is 0. The molecule has 0 bridgehead atoms. The standard InChI is InChI=1S/C38H80N/c1-6-8-10-12-14-16-18-19-20-21-22-23-24-26-28-30-32-34-36-39(4,5)37-38(3)35-33-31-29-27-25-17-15-13-11-9-7-2/h38H,6-37H2,1-5H3/q+1. The van der Waals surface area contributed by atoms with E-state index in [0.717, 1.165) is 5.92 Å². The van der Waals surface area contributed by atoms with Crippen molar-refractivity contribution in [1.82, 2.24) is 0 Å². The third-order valence-corrected chi connectivity index (χ3v) is 9.22. The molecule has 0 aliphatic carbocycles. The Bertz CT molecular complexity index is 442. The van der Waals surface area contributed by atoms with Gasteiger partial charge in [0.05, 0.1) is 27.2 Å². The van der Waals surface area contributed by atoms with Gasteiger partial charge in [0.1, 0.15) is 0 Å². The van der Waals surface area contributed by atoms with Gasteiger partial charge in [-0.2, -0.15) is 0 Å². The lowest BCUT2D eigenvalue weighted by Gasteiger charge is -2.32. The Hall–Kier alpha value is -0.0400. The molecule has 0 aromatic heterocycles. The predicted octanol–water partition coefficient (Wildman–Crippen LogP) is 13.4. The SMILES string of the molecule is CCCCCCCCCCCCCCCCCCCC[N+](C)(C)CC(C)CCCCCCCCCCCCC. The van der Waals surface area contributed by atoms with E-state index >= 15 is 0 Å². The third kappa shape index (κ3) is 32.3. The molecule has 1 atom stereocenters. The first-order valence-electron chi connectivity index (χ1n) is 18.8. The van der Waals surface area contributed by atoms with Gasteiger partial charge in [-0.3, -0.25) is 0 Å². The van der Waals surface area contributed by atoms with Gasteiger partial charge >= 0.3 is 0 Å². The maximum absolute atomic E-state index is 2.51. The lowest BCUT2D eigenvalue weighted by Crippen LogP contribution is -2.43. The van der Waals surface area contributed by atoms with Gasteiger partial charge in [0.25, 0.3) is 0 Å². The van der Waals surface area contributed by atoms with E-state index in [9.17, 15) is 0 Å². The molecule has 0 saturated heterocycles. The molecule has 0 spiro atoms. The van der Waals surface area contributed by atoms with Crippen LogP contribution in [0.15, 0.2) is 0 Å². The van der Waals surface area contributed by atoms with Crippen LogP contribution in [0, 0.1) is 5.92 Å². The largest absolute Gasteiger partial charge is 0.328 e. The Kier molecular flexibility index (Phi) is 30.9. The van der Waals surface area contributed by atoms with Crippen molar-refractivity contribution >= 4 is 0 Å². The van der Waals surface area contributed by atoms with Gasteiger partial charge in [-0.1, -0.05) is 194 Å². The molecule has 1 heteroatoms. The third-order valence-electron chi connectivity index (χ3n) is 9.22. The summed E-state index contributed by atoms with van der Waals surface area (Å²) in [4.78, 5) is 0. The highest BCUT2D eigenvalue weighted by Crippen LogP contribution is 2.18. The molecule has 0 saturated carbocycles. The molecule has 0 radical (unpaired) electrons. The molecule has 0 N–H and O–H groups in total. The van der Waals surface area contributed by atoms with Crippen LogP contribution in [-0.2, 0) is 0 Å². The van der Waals surface area contributed by atoms with Gasteiger partial charge in [-0.15, -0.1) is 0 Å². The van der Waals surface area contributed by atoms with E-state index in [0.29, 0.717) is 0 Å². The molecule has 39 heavy (non-hydrogen) atoms. The fourth-order valence-electron chi connectivity index (χ4n) is 6.62. The summed E-state index contributed by atoms with van der Waals surface area (Å²) in [5.74, 6) is 0.883. The zero-order valence-electron chi connectivity index (χ0n) is 28.7. The number of unbranched alkanes of at least 4 members (excludes halogenated alkanes) is 27. The van der Waals surface area contributed by atoms with E-state index < -0.39 is 0 Å². The highest BCUT2D eigenvalue weighted by Gasteiger charge is 2.18. The van der Waals surface area contributed by atoms with Crippen molar-refractivity contribution in [3.63, 3.8) is 0 Å². The summed E-state index contributed by atoms with van der Waals surface area (Å²) in [6.45, 7) is 9.87. The second-order valence-electron chi connectivity index (χ2n) is 14.3. The van der Waals surface area contributed by atoms with E-state index in [1.807, 2.05) is 0 Å². The molecule has 0 aromatic rings. The van der Waals surface area contributed by atoms with Crippen molar-refractivity contribution in [2.45, 2.75) is 213 Å². The highest BCUT2D eigenvalue weighted by atomic mass is 15.3. The Labute approximate surface area is 250 Å². The smallest absolute Gasteiger partial charge is 0.0808 e. The van der Waals surface area contributed by atoms with Crippen LogP contribution in [0.2, 0.25) is 0 Å². The van der Waals surface area contributed by atoms with E-state index in [1.165, 1.54) is 210 Å². The average molecular weight is 551 g/mol. The summed E-state index contributed by atoms with van der Waals surface area (Å²) >= 11 is 0. The Morgan fingerprint density at radius 1 is 0.359 bits per heavy atom. The summed E-state index contributed by atoms with van der Waals surface area (Å²) in [7, 11) is 4.95. The van der Waals surface area contributed by atoms with Crippen molar-refractivity contribution < 1.29 is 4.48 Å². The van der Waals surface area contributed by atoms with Crippen molar-refractivity contribution in [3.8, 4) is 0 Å². The summed E-state index contributed by atoms with van der Waals surface area (Å²) in [5.41, 5.74) is 0. The summed E-state index contributed by atoms with van der Waals surface area (Å²) < 4.78 is 1.23. The van der Waals surface area contributed by atoms with Gasteiger partial charge in [0.15, 0.2) is 0 Å². The van der Waals surface area contributed by atoms with Crippen LogP contribution in [0.1, 0.15) is 213 Å². The number of nitrogens with zero attached hydrogens (tertiary/aromatic N) is 1. The topological polar surface area (TPSA) is 0 Å². The monoisotopic (exact) mass is 551 g/mol. The minimum absolute atomic E-state index is 0.883. The van der Waals surface area contributed by atoms with Gasteiger partial charge in [0, 0.05) is 5.92 Å². The summed E-state index contributed by atoms with van der Waals surface area (Å²) in [6.07, 6.45) is 43.9. The first-order chi connectivity index (χ1) is 19.0. The fourth-order valence-corrected chi connectivity index (χ4v) is 6.62. The van der Waals surface area contributed by atoms with E-state index in [4.69, 9.17) is 0 Å². The predicted molar refractivity (Wildman–Crippen MR) is 181 cm³/mol. The van der Waals surface area contributed by atoms with Crippen LogP contribution in [0.5, 0.6) is 0 Å². The number of rotatable bonds is 33. The molecular weight excluding hydrogens is 470 g/mol. The van der Waals surface area contributed by atoms with Crippen molar-refractivity contribution in [3.05, 3.63) is 0 Å². The van der Waals surface area contributed by atoms with Crippen LogP contribution in [0.4, 0.5) is 0 Å². The molecule has 0 aliphatic rings. The molecule has 1 unspecified atom stereocenters. The average Bonchev–Trinajstić information content (AvgIpc) is 2.90.